The van der Waals surface area contributed by atoms with Gasteiger partial charge in [-0.1, -0.05) is 51.6 Å². The number of fused-ring (bicyclic) bond motifs is 13. The minimum atomic E-state index is -1.79. The topological polar surface area (TPSA) is 486 Å². The SMILES string of the molecule is C=C(NC(=O)C(=C)NC(=O)C(=C)NC(=O)C(=C)NC(=O)c1ccc2c(n1)-c1coc(n1)C(=C)NC(=O)C(=C)NC(=O)c1nc(oc1C)C(=CC)NC(=O)c1csc(n1)[C@@H](O)NC(=O)c1nc(oc1C)C(=CC)NC(=O)[C@@H]([C@@H](C)O)NC(=O)c1csc-2n1)C(=O)O. The van der Waals surface area contributed by atoms with Crippen molar-refractivity contribution in [3.63, 3.8) is 0 Å². The van der Waals surface area contributed by atoms with Crippen LogP contribution in [0, 0.1) is 13.8 Å². The van der Waals surface area contributed by atoms with Crippen molar-refractivity contribution >= 4 is 105 Å². The van der Waals surface area contributed by atoms with E-state index in [1.165, 1.54) is 63.6 Å². The van der Waals surface area contributed by atoms with Crippen LogP contribution in [0.5, 0.6) is 0 Å². The van der Waals surface area contributed by atoms with Gasteiger partial charge in [-0.05, 0) is 46.8 Å². The number of allylic oxidation sites excluding steroid dienone is 2. The molecule has 33 nitrogen and oxygen atoms in total. The van der Waals surface area contributed by atoms with E-state index in [-0.39, 0.29) is 96.0 Å². The lowest BCUT2D eigenvalue weighted by molar-refractivity contribution is -0.134. The standard InChI is InChI=1S/C55H50N16O17S2/c1-12-29-51-69-36(26(10)87-51)47(81)59-22(6)41(75)60-23(7)50-65-32(16-86-50)38-28(14-15-31(62-38)43(77)58-21(5)40(74)56-19(3)39(73)57-20(4)42(76)61-24(8)55(84)85)53-66-34(17-89-53)45(79)68-35(25(9)72)46(80)64-30(13-2)52-70-37(27(11)88-52)48(82)71-49(83)54-67-33(18-90-54)44(78)63-29/h12-18,25,35,49,72,83H,3-8H2,1-2,9-11H3,(H,56,74)(H,57,73)(H,58,77)(H,59,81)(H,60,75)(H,61,76)(H,63,78)(H,64,80)(H,68,79)(H,71,82)(H,84,85)/t25-,35-,49-/m1/s1. The highest BCUT2D eigenvalue weighted by atomic mass is 32.1. The number of oxazole rings is 3. The zero-order valence-corrected chi connectivity index (χ0v) is 49.2. The number of pyridine rings is 1. The Bertz CT molecular complexity index is 4190. The van der Waals surface area contributed by atoms with E-state index in [0.29, 0.717) is 0 Å². The summed E-state index contributed by atoms with van der Waals surface area (Å²) in [5.41, 5.74) is -5.69. The Balaban J connectivity index is 1.18. The highest BCUT2D eigenvalue weighted by Gasteiger charge is 2.32. The second-order valence-corrected chi connectivity index (χ2v) is 20.2. The number of aliphatic hydroxyl groups is 2. The number of aromatic nitrogens is 6. The van der Waals surface area contributed by atoms with E-state index in [2.05, 4.69) is 112 Å². The summed E-state index contributed by atoms with van der Waals surface area (Å²) in [4.78, 5) is 170. The maximum atomic E-state index is 13.9. The summed E-state index contributed by atoms with van der Waals surface area (Å²) in [6.45, 7) is 27.7. The molecule has 1 aliphatic heterocycles. The van der Waals surface area contributed by atoms with Crippen LogP contribution in [-0.4, -0.2) is 122 Å². The second-order valence-electron chi connectivity index (χ2n) is 18.4. The van der Waals surface area contributed by atoms with Gasteiger partial charge in [-0.25, -0.2) is 34.7 Å². The molecule has 90 heavy (non-hydrogen) atoms. The predicted octanol–water partition coefficient (Wildman–Crippen LogP) is 1.34. The van der Waals surface area contributed by atoms with E-state index in [9.17, 15) is 63.0 Å². The molecule has 10 bridgehead atoms. The van der Waals surface area contributed by atoms with E-state index >= 15 is 0 Å². The van der Waals surface area contributed by atoms with Crippen LogP contribution in [0.2, 0.25) is 0 Å². The van der Waals surface area contributed by atoms with Gasteiger partial charge in [0, 0.05) is 16.3 Å². The summed E-state index contributed by atoms with van der Waals surface area (Å²) in [6.07, 6.45) is 0.424. The molecule has 0 radical (unpaired) electrons. The molecule has 0 spiro atoms. The number of hydrogen-bond donors (Lipinski definition) is 13. The smallest absolute Gasteiger partial charge is 0.351 e. The number of hydrogen-bond acceptors (Lipinski definition) is 24. The summed E-state index contributed by atoms with van der Waals surface area (Å²) in [7, 11) is 0. The Hall–Kier alpha value is -11.9. The van der Waals surface area contributed by atoms with E-state index in [0.717, 1.165) is 35.0 Å². The third-order valence-corrected chi connectivity index (χ3v) is 13.7. The van der Waals surface area contributed by atoms with Crippen LogP contribution >= 0.6 is 22.7 Å². The van der Waals surface area contributed by atoms with E-state index in [1.54, 1.807) is 0 Å². The molecule has 1 aliphatic rings. The number of aliphatic carboxylic acids is 1. The number of carboxylic acid groups (broad SMARTS) is 1. The fraction of sp³-hybridized carbons (Fsp3) is 0.145. The number of carbonyl (C=O) groups excluding carboxylic acids is 10. The molecule has 7 heterocycles. The lowest BCUT2D eigenvalue weighted by Crippen LogP contribution is -2.52. The van der Waals surface area contributed by atoms with E-state index in [1.807, 2.05) is 10.6 Å². The van der Waals surface area contributed by atoms with Gasteiger partial charge in [-0.2, -0.15) is 0 Å². The quantitative estimate of drug-likeness (QED) is 0.0861. The first kappa shape index (κ1) is 65.6. The molecule has 35 heteroatoms. The van der Waals surface area contributed by atoms with Gasteiger partial charge in [0.05, 0.1) is 40.3 Å². The summed E-state index contributed by atoms with van der Waals surface area (Å²) in [5.74, 6) is -13.0. The molecule has 6 aromatic rings. The third kappa shape index (κ3) is 15.2. The normalized spacial score (nSPS) is 16.4. The number of nitrogens with one attached hydrogen (secondary N) is 10. The lowest BCUT2D eigenvalue weighted by Gasteiger charge is -2.20. The molecule has 3 atom stereocenters. The zero-order chi connectivity index (χ0) is 66.2. The highest BCUT2D eigenvalue weighted by Crippen LogP contribution is 2.34. The van der Waals surface area contributed by atoms with Gasteiger partial charge in [0.15, 0.2) is 17.6 Å². The monoisotopic (exact) mass is 1270 g/mol. The van der Waals surface area contributed by atoms with Crippen LogP contribution in [0.1, 0.15) is 114 Å². The maximum Gasteiger partial charge on any atom is 0.351 e. The number of aliphatic hydroxyl groups excluding tert-OH is 2. The van der Waals surface area contributed by atoms with Crippen molar-refractivity contribution in [2.45, 2.75) is 53.0 Å². The average molecular weight is 1270 g/mol. The summed E-state index contributed by atoms with van der Waals surface area (Å²) < 4.78 is 17.0. The molecule has 0 saturated carbocycles. The van der Waals surface area contributed by atoms with Gasteiger partial charge >= 0.3 is 5.97 Å². The zero-order valence-electron chi connectivity index (χ0n) is 47.6. The molecule has 0 aromatic carbocycles. The Kier molecular flexibility index (Phi) is 20.1. The van der Waals surface area contributed by atoms with Crippen LogP contribution in [0.15, 0.2) is 123 Å². The van der Waals surface area contributed by atoms with Crippen molar-refractivity contribution in [1.82, 2.24) is 83.1 Å². The lowest BCUT2D eigenvalue weighted by atomic mass is 10.1. The molecule has 0 aliphatic carbocycles. The molecule has 13 N–H and O–H groups in total. The molecule has 0 saturated heterocycles. The first-order valence-electron chi connectivity index (χ1n) is 25.5. The van der Waals surface area contributed by atoms with Crippen LogP contribution < -0.4 is 53.2 Å². The summed E-state index contributed by atoms with van der Waals surface area (Å²) in [6, 6.07) is 0.791. The number of rotatable bonds is 10. The number of nitrogens with zero attached hydrogens (tertiary/aromatic N) is 6. The molecule has 0 unspecified atom stereocenters. The van der Waals surface area contributed by atoms with Gasteiger partial charge in [0.1, 0.15) is 73.7 Å². The van der Waals surface area contributed by atoms with Gasteiger partial charge in [-0.15, -0.1) is 22.7 Å². The minimum absolute atomic E-state index is 0.0250. The van der Waals surface area contributed by atoms with Crippen LogP contribution in [0.3, 0.4) is 0 Å². The van der Waals surface area contributed by atoms with Crippen molar-refractivity contribution in [1.29, 1.82) is 0 Å². The van der Waals surface area contributed by atoms with Gasteiger partial charge in [-0.3, -0.25) is 47.9 Å². The predicted molar refractivity (Wildman–Crippen MR) is 314 cm³/mol. The number of amides is 10. The van der Waals surface area contributed by atoms with Gasteiger partial charge in [0.2, 0.25) is 23.6 Å². The van der Waals surface area contributed by atoms with Crippen molar-refractivity contribution in [2.24, 2.45) is 0 Å². The Morgan fingerprint density at radius 1 is 0.611 bits per heavy atom. The van der Waals surface area contributed by atoms with Crippen molar-refractivity contribution in [3.8, 4) is 22.0 Å². The summed E-state index contributed by atoms with van der Waals surface area (Å²) in [5, 5.41) is 55.8. The molecular weight excluding hydrogens is 1220 g/mol. The fourth-order valence-corrected chi connectivity index (χ4v) is 8.85. The number of thiazole rings is 2. The minimum Gasteiger partial charge on any atom is -0.477 e. The van der Waals surface area contributed by atoms with E-state index in [4.69, 9.17) is 18.4 Å². The van der Waals surface area contributed by atoms with Crippen molar-refractivity contribution in [3.05, 3.63) is 172 Å². The van der Waals surface area contributed by atoms with E-state index < -0.39 is 118 Å². The Morgan fingerprint density at radius 2 is 1.16 bits per heavy atom. The average Bonchev–Trinajstić information content (AvgIpc) is 1.62. The van der Waals surface area contributed by atoms with Crippen LogP contribution in [0.4, 0.5) is 0 Å². The molecule has 7 rings (SSSR count). The van der Waals surface area contributed by atoms with Crippen molar-refractivity contribution in [2.75, 3.05) is 0 Å². The largest absolute Gasteiger partial charge is 0.477 e. The highest BCUT2D eigenvalue weighted by molar-refractivity contribution is 7.13. The Labute approximate surface area is 514 Å². The maximum absolute atomic E-state index is 13.9. The number of carboxylic acids is 1. The second kappa shape index (κ2) is 27.6. The van der Waals surface area contributed by atoms with Gasteiger partial charge < -0.3 is 81.7 Å². The molecule has 0 fully saturated rings. The Morgan fingerprint density at radius 3 is 1.74 bits per heavy atom. The molecule has 6 aromatic heterocycles. The number of aryl methyl sites for hydroxylation is 2. The fourth-order valence-electron chi connectivity index (χ4n) is 7.29. The van der Waals surface area contributed by atoms with Gasteiger partial charge in [0.25, 0.3) is 53.2 Å². The first-order chi connectivity index (χ1) is 42.5. The third-order valence-electron chi connectivity index (χ3n) is 11.9. The summed E-state index contributed by atoms with van der Waals surface area (Å²) >= 11 is 1.67. The first-order valence-corrected chi connectivity index (χ1v) is 27.3. The van der Waals surface area contributed by atoms with Crippen LogP contribution in [-0.2, 0) is 28.8 Å². The molecular formula is C55H50N16O17S2. The van der Waals surface area contributed by atoms with Crippen LogP contribution in [0.25, 0.3) is 39.1 Å². The molecule has 464 valence electrons. The molecule has 10 amide bonds. The number of carbonyl (C=O) groups is 11. The van der Waals surface area contributed by atoms with Crippen molar-refractivity contribution < 1.29 is 81.3 Å².